The van der Waals surface area contributed by atoms with E-state index in [0.29, 0.717) is 0 Å². The summed E-state index contributed by atoms with van der Waals surface area (Å²) < 4.78 is 0. The molecule has 2 aromatic carbocycles. The van der Waals surface area contributed by atoms with E-state index in [2.05, 4.69) is 53.1 Å². The zero-order valence-corrected chi connectivity index (χ0v) is 16.1. The summed E-state index contributed by atoms with van der Waals surface area (Å²) in [7, 11) is 3.68. The number of hydrogen-bond donors (Lipinski definition) is 0. The SMILES string of the molecule is Cc1cccc(CN2CCN(C(C(=O)N(C)C)c3ccccc3)CC2)c1. The molecule has 0 spiro atoms. The van der Waals surface area contributed by atoms with Crippen molar-refractivity contribution < 1.29 is 4.79 Å². The average Bonchev–Trinajstić information content (AvgIpc) is 2.64. The van der Waals surface area contributed by atoms with E-state index in [1.165, 1.54) is 11.1 Å². The summed E-state index contributed by atoms with van der Waals surface area (Å²) in [5.41, 5.74) is 3.75. The van der Waals surface area contributed by atoms with Crippen molar-refractivity contribution in [3.63, 3.8) is 0 Å². The van der Waals surface area contributed by atoms with Crippen LogP contribution in [0.5, 0.6) is 0 Å². The third-order valence-electron chi connectivity index (χ3n) is 5.05. The third-order valence-corrected chi connectivity index (χ3v) is 5.05. The summed E-state index contributed by atoms with van der Waals surface area (Å²) in [6, 6.07) is 18.7. The predicted octanol–water partition coefficient (Wildman–Crippen LogP) is 2.94. The summed E-state index contributed by atoms with van der Waals surface area (Å²) in [6.45, 7) is 6.90. The Balaban J connectivity index is 1.67. The Bertz CT molecular complexity index is 721. The van der Waals surface area contributed by atoms with Gasteiger partial charge in [0, 0.05) is 46.8 Å². The zero-order valence-electron chi connectivity index (χ0n) is 16.1. The van der Waals surface area contributed by atoms with Gasteiger partial charge < -0.3 is 4.90 Å². The lowest BCUT2D eigenvalue weighted by Crippen LogP contribution is -2.50. The number of aryl methyl sites for hydroxylation is 1. The Morgan fingerprint density at radius 1 is 1.00 bits per heavy atom. The first kappa shape index (κ1) is 18.6. The monoisotopic (exact) mass is 351 g/mol. The van der Waals surface area contributed by atoms with Crippen LogP contribution < -0.4 is 0 Å². The molecule has 1 heterocycles. The van der Waals surface area contributed by atoms with Crippen LogP contribution in [0.4, 0.5) is 0 Å². The van der Waals surface area contributed by atoms with Gasteiger partial charge in [-0.3, -0.25) is 14.6 Å². The van der Waals surface area contributed by atoms with Crippen molar-refractivity contribution in [2.45, 2.75) is 19.5 Å². The summed E-state index contributed by atoms with van der Waals surface area (Å²) in [5, 5.41) is 0. The molecular weight excluding hydrogens is 322 g/mol. The minimum Gasteiger partial charge on any atom is -0.347 e. The molecule has 1 aliphatic heterocycles. The maximum atomic E-state index is 12.8. The Hall–Kier alpha value is -2.17. The van der Waals surface area contributed by atoms with Crippen molar-refractivity contribution in [3.05, 3.63) is 71.3 Å². The van der Waals surface area contributed by atoms with Gasteiger partial charge in [0.25, 0.3) is 0 Å². The quantitative estimate of drug-likeness (QED) is 0.829. The number of likely N-dealkylation sites (N-methyl/N-ethyl adjacent to an activating group) is 1. The number of carbonyl (C=O) groups is 1. The van der Waals surface area contributed by atoms with Crippen molar-refractivity contribution in [1.29, 1.82) is 0 Å². The molecule has 138 valence electrons. The van der Waals surface area contributed by atoms with Crippen molar-refractivity contribution >= 4 is 5.91 Å². The largest absolute Gasteiger partial charge is 0.347 e. The van der Waals surface area contributed by atoms with Crippen molar-refractivity contribution in [2.24, 2.45) is 0 Å². The number of benzene rings is 2. The van der Waals surface area contributed by atoms with Gasteiger partial charge in [0.15, 0.2) is 0 Å². The van der Waals surface area contributed by atoms with Crippen LogP contribution in [0.15, 0.2) is 54.6 Å². The lowest BCUT2D eigenvalue weighted by Gasteiger charge is -2.39. The number of rotatable bonds is 5. The minimum absolute atomic E-state index is 0.156. The lowest BCUT2D eigenvalue weighted by atomic mass is 10.0. The fourth-order valence-electron chi connectivity index (χ4n) is 3.64. The van der Waals surface area contributed by atoms with Crippen molar-refractivity contribution in [2.75, 3.05) is 40.3 Å². The molecule has 2 aromatic rings. The van der Waals surface area contributed by atoms with E-state index in [4.69, 9.17) is 0 Å². The molecular formula is C22H29N3O. The second kappa shape index (κ2) is 8.47. The van der Waals surface area contributed by atoms with Crippen LogP contribution in [0, 0.1) is 6.92 Å². The number of nitrogens with zero attached hydrogens (tertiary/aromatic N) is 3. The second-order valence-electron chi connectivity index (χ2n) is 7.35. The summed E-state index contributed by atoms with van der Waals surface area (Å²) in [6.07, 6.45) is 0. The molecule has 3 rings (SSSR count). The van der Waals surface area contributed by atoms with E-state index in [0.717, 1.165) is 38.3 Å². The van der Waals surface area contributed by atoms with E-state index >= 15 is 0 Å². The predicted molar refractivity (Wildman–Crippen MR) is 106 cm³/mol. The summed E-state index contributed by atoms with van der Waals surface area (Å²) in [5.74, 6) is 0.156. The van der Waals surface area contributed by atoms with Gasteiger partial charge in [0.2, 0.25) is 5.91 Å². The van der Waals surface area contributed by atoms with Crippen LogP contribution in [0.25, 0.3) is 0 Å². The molecule has 0 radical (unpaired) electrons. The highest BCUT2D eigenvalue weighted by Gasteiger charge is 2.31. The van der Waals surface area contributed by atoms with E-state index in [-0.39, 0.29) is 11.9 Å². The number of hydrogen-bond acceptors (Lipinski definition) is 3. The minimum atomic E-state index is -0.188. The molecule has 1 atom stereocenters. The maximum Gasteiger partial charge on any atom is 0.244 e. The molecule has 1 aliphatic rings. The van der Waals surface area contributed by atoms with Gasteiger partial charge in [0.1, 0.15) is 6.04 Å². The number of carbonyl (C=O) groups excluding carboxylic acids is 1. The zero-order chi connectivity index (χ0) is 18.5. The van der Waals surface area contributed by atoms with Crippen LogP contribution in [0.1, 0.15) is 22.7 Å². The molecule has 1 unspecified atom stereocenters. The standard InChI is InChI=1S/C22H29N3O/c1-18-8-7-9-19(16-18)17-24-12-14-25(15-13-24)21(22(26)23(2)3)20-10-5-4-6-11-20/h4-11,16,21H,12-15,17H2,1-3H3. The molecule has 4 heteroatoms. The molecule has 4 nitrogen and oxygen atoms in total. The number of piperazine rings is 1. The Kier molecular flexibility index (Phi) is 6.07. The van der Waals surface area contributed by atoms with Gasteiger partial charge in [-0.2, -0.15) is 0 Å². The Morgan fingerprint density at radius 3 is 2.31 bits per heavy atom. The van der Waals surface area contributed by atoms with Crippen LogP contribution in [-0.4, -0.2) is 60.9 Å². The topological polar surface area (TPSA) is 26.8 Å². The van der Waals surface area contributed by atoms with Gasteiger partial charge >= 0.3 is 0 Å². The summed E-state index contributed by atoms with van der Waals surface area (Å²) in [4.78, 5) is 19.3. The van der Waals surface area contributed by atoms with E-state index < -0.39 is 0 Å². The van der Waals surface area contributed by atoms with Gasteiger partial charge in [0.05, 0.1) is 0 Å². The fraction of sp³-hybridized carbons (Fsp3) is 0.409. The molecule has 26 heavy (non-hydrogen) atoms. The molecule has 0 aromatic heterocycles. The number of amides is 1. The maximum absolute atomic E-state index is 12.8. The first-order valence-electron chi connectivity index (χ1n) is 9.32. The van der Waals surface area contributed by atoms with Crippen LogP contribution >= 0.6 is 0 Å². The van der Waals surface area contributed by atoms with Crippen LogP contribution in [-0.2, 0) is 11.3 Å². The molecule has 0 N–H and O–H groups in total. The Labute approximate surface area is 157 Å². The van der Waals surface area contributed by atoms with E-state index in [1.807, 2.05) is 32.3 Å². The van der Waals surface area contributed by atoms with Gasteiger partial charge in [-0.1, -0.05) is 60.2 Å². The highest BCUT2D eigenvalue weighted by Crippen LogP contribution is 2.24. The highest BCUT2D eigenvalue weighted by molar-refractivity contribution is 5.82. The molecule has 1 fully saturated rings. The first-order valence-corrected chi connectivity index (χ1v) is 9.32. The first-order chi connectivity index (χ1) is 12.5. The lowest BCUT2D eigenvalue weighted by molar-refractivity contribution is -0.135. The van der Waals surface area contributed by atoms with Crippen LogP contribution in [0.2, 0.25) is 0 Å². The second-order valence-corrected chi connectivity index (χ2v) is 7.35. The summed E-state index contributed by atoms with van der Waals surface area (Å²) >= 11 is 0. The van der Waals surface area contributed by atoms with Gasteiger partial charge in [-0.05, 0) is 18.1 Å². The van der Waals surface area contributed by atoms with Crippen molar-refractivity contribution in [1.82, 2.24) is 14.7 Å². The molecule has 1 saturated heterocycles. The highest BCUT2D eigenvalue weighted by atomic mass is 16.2. The Morgan fingerprint density at radius 2 is 1.69 bits per heavy atom. The van der Waals surface area contributed by atoms with Crippen LogP contribution in [0.3, 0.4) is 0 Å². The normalized spacial score (nSPS) is 17.0. The molecule has 1 amide bonds. The smallest absolute Gasteiger partial charge is 0.244 e. The molecule has 0 aliphatic carbocycles. The van der Waals surface area contributed by atoms with Crippen molar-refractivity contribution in [3.8, 4) is 0 Å². The molecule has 0 saturated carbocycles. The third kappa shape index (κ3) is 4.51. The molecule has 0 bridgehead atoms. The van der Waals surface area contributed by atoms with Gasteiger partial charge in [-0.15, -0.1) is 0 Å². The fourth-order valence-corrected chi connectivity index (χ4v) is 3.64. The average molecular weight is 351 g/mol. The van der Waals surface area contributed by atoms with Gasteiger partial charge in [-0.25, -0.2) is 0 Å². The van der Waals surface area contributed by atoms with E-state index in [9.17, 15) is 4.79 Å². The van der Waals surface area contributed by atoms with E-state index in [1.54, 1.807) is 4.90 Å².